The number of carbonyl (C=O) groups is 1. The first-order chi connectivity index (χ1) is 16.1. The van der Waals surface area contributed by atoms with Crippen molar-refractivity contribution in [2.24, 2.45) is 0 Å². The first-order valence-electron chi connectivity index (χ1n) is 10.5. The van der Waals surface area contributed by atoms with Gasteiger partial charge in [0.25, 0.3) is 0 Å². The number of aromatic nitrogens is 6. The molecule has 5 aromatic rings. The summed E-state index contributed by atoms with van der Waals surface area (Å²) < 4.78 is 7.16. The van der Waals surface area contributed by atoms with E-state index in [1.807, 2.05) is 61.5 Å². The van der Waals surface area contributed by atoms with Gasteiger partial charge in [-0.25, -0.2) is 24.2 Å². The molecule has 0 radical (unpaired) electrons. The summed E-state index contributed by atoms with van der Waals surface area (Å²) in [5.41, 5.74) is 3.70. The van der Waals surface area contributed by atoms with E-state index in [0.717, 1.165) is 22.3 Å². The van der Waals surface area contributed by atoms with Crippen LogP contribution >= 0.6 is 0 Å². The Morgan fingerprint density at radius 2 is 1.82 bits per heavy atom. The van der Waals surface area contributed by atoms with Crippen LogP contribution in [0.4, 0.5) is 10.6 Å². The Bertz CT molecular complexity index is 1450. The van der Waals surface area contributed by atoms with E-state index >= 15 is 0 Å². The SMILES string of the molecule is CC1(c2ccccc2)COC(=O)N1c1ccn2ncc(-c3ccc(-c4ncn[nH]4)cc3)c2n1. The van der Waals surface area contributed by atoms with Gasteiger partial charge in [-0.2, -0.15) is 10.2 Å². The molecule has 9 heteroatoms. The number of aromatic amines is 1. The molecule has 3 aromatic heterocycles. The highest BCUT2D eigenvalue weighted by Crippen LogP contribution is 2.38. The van der Waals surface area contributed by atoms with Gasteiger partial charge < -0.3 is 4.74 Å². The Hall–Kier alpha value is -4.53. The average molecular weight is 437 g/mol. The van der Waals surface area contributed by atoms with Crippen molar-refractivity contribution in [2.45, 2.75) is 12.5 Å². The Morgan fingerprint density at radius 1 is 1.03 bits per heavy atom. The van der Waals surface area contributed by atoms with Gasteiger partial charge in [-0.3, -0.25) is 5.10 Å². The summed E-state index contributed by atoms with van der Waals surface area (Å²) in [5, 5.41) is 11.2. The van der Waals surface area contributed by atoms with Crippen LogP contribution in [0, 0.1) is 0 Å². The third kappa shape index (κ3) is 3.05. The number of amides is 1. The monoisotopic (exact) mass is 437 g/mol. The van der Waals surface area contributed by atoms with Crippen molar-refractivity contribution in [1.82, 2.24) is 29.8 Å². The molecule has 1 saturated heterocycles. The number of ether oxygens (including phenoxy) is 1. The normalized spacial score (nSPS) is 18.1. The summed E-state index contributed by atoms with van der Waals surface area (Å²) in [7, 11) is 0. The highest BCUT2D eigenvalue weighted by atomic mass is 16.6. The van der Waals surface area contributed by atoms with Crippen LogP contribution in [0.3, 0.4) is 0 Å². The minimum atomic E-state index is -0.664. The van der Waals surface area contributed by atoms with Crippen molar-refractivity contribution in [1.29, 1.82) is 0 Å². The largest absolute Gasteiger partial charge is 0.446 e. The minimum absolute atomic E-state index is 0.248. The van der Waals surface area contributed by atoms with Gasteiger partial charge in [-0.15, -0.1) is 0 Å². The molecule has 1 atom stereocenters. The van der Waals surface area contributed by atoms with Crippen molar-refractivity contribution < 1.29 is 9.53 Å². The van der Waals surface area contributed by atoms with Crippen molar-refractivity contribution in [2.75, 3.05) is 11.5 Å². The molecular weight excluding hydrogens is 418 g/mol. The van der Waals surface area contributed by atoms with Crippen molar-refractivity contribution in [3.63, 3.8) is 0 Å². The fourth-order valence-electron chi connectivity index (χ4n) is 4.23. The second-order valence-electron chi connectivity index (χ2n) is 8.05. The molecule has 1 aliphatic heterocycles. The standard InChI is InChI=1S/C24H19N7O2/c1-24(18-5-3-2-4-6-18)14-33-23(32)31(24)20-11-12-30-22(28-20)19(13-27-30)16-7-9-17(10-8-16)21-25-15-26-29-21/h2-13,15H,14H2,1H3,(H,25,26,29). The molecule has 1 N–H and O–H groups in total. The highest BCUT2D eigenvalue weighted by Gasteiger charge is 2.46. The van der Waals surface area contributed by atoms with Crippen LogP contribution < -0.4 is 4.90 Å². The summed E-state index contributed by atoms with van der Waals surface area (Å²) >= 11 is 0. The lowest BCUT2D eigenvalue weighted by Gasteiger charge is -2.31. The topological polar surface area (TPSA) is 101 Å². The zero-order valence-electron chi connectivity index (χ0n) is 17.7. The molecule has 162 valence electrons. The van der Waals surface area contributed by atoms with Crippen molar-refractivity contribution in [3.8, 4) is 22.5 Å². The summed E-state index contributed by atoms with van der Waals surface area (Å²) in [6.07, 6.45) is 4.64. The molecule has 2 aromatic carbocycles. The molecular formula is C24H19N7O2. The lowest BCUT2D eigenvalue weighted by atomic mass is 9.92. The lowest BCUT2D eigenvalue weighted by molar-refractivity contribution is 0.174. The van der Waals surface area contributed by atoms with Crippen molar-refractivity contribution >= 4 is 17.6 Å². The number of rotatable bonds is 4. The summed E-state index contributed by atoms with van der Waals surface area (Å²) in [4.78, 5) is 23.4. The molecule has 9 nitrogen and oxygen atoms in total. The molecule has 6 rings (SSSR count). The second kappa shape index (κ2) is 7.27. The fraction of sp³-hybridized carbons (Fsp3) is 0.125. The van der Waals surface area contributed by atoms with Crippen LogP contribution in [0.1, 0.15) is 12.5 Å². The predicted octanol–water partition coefficient (Wildman–Crippen LogP) is 4.05. The zero-order valence-corrected chi connectivity index (χ0v) is 17.7. The lowest BCUT2D eigenvalue weighted by Crippen LogP contribution is -2.42. The molecule has 0 saturated carbocycles. The van der Waals surface area contributed by atoms with Gasteiger partial charge in [0.05, 0.1) is 6.20 Å². The number of fused-ring (bicyclic) bond motifs is 1. The summed E-state index contributed by atoms with van der Waals surface area (Å²) in [6.45, 7) is 2.23. The van der Waals surface area contributed by atoms with Gasteiger partial charge in [-0.05, 0) is 24.1 Å². The number of hydrogen-bond donors (Lipinski definition) is 1. The predicted molar refractivity (Wildman–Crippen MR) is 121 cm³/mol. The highest BCUT2D eigenvalue weighted by molar-refractivity contribution is 5.91. The maximum Gasteiger partial charge on any atom is 0.416 e. The van der Waals surface area contributed by atoms with E-state index in [1.54, 1.807) is 27.9 Å². The van der Waals surface area contributed by atoms with E-state index in [0.29, 0.717) is 17.3 Å². The number of anilines is 1. The number of hydrogen-bond acceptors (Lipinski definition) is 6. The van der Waals surface area contributed by atoms with Gasteiger partial charge >= 0.3 is 6.09 Å². The van der Waals surface area contributed by atoms with Crippen LogP contribution in [-0.4, -0.2) is 42.5 Å². The molecule has 33 heavy (non-hydrogen) atoms. The number of nitrogens with zero attached hydrogens (tertiary/aromatic N) is 6. The Labute approximate surface area is 188 Å². The third-order valence-electron chi connectivity index (χ3n) is 6.02. The fourth-order valence-corrected chi connectivity index (χ4v) is 4.23. The minimum Gasteiger partial charge on any atom is -0.446 e. The van der Waals surface area contributed by atoms with Crippen molar-refractivity contribution in [3.05, 3.63) is 84.9 Å². The number of H-pyrrole nitrogens is 1. The van der Waals surface area contributed by atoms with E-state index in [4.69, 9.17) is 9.72 Å². The van der Waals surface area contributed by atoms with Crippen LogP contribution in [0.5, 0.6) is 0 Å². The van der Waals surface area contributed by atoms with Crippen LogP contribution in [0.15, 0.2) is 79.4 Å². The number of nitrogens with one attached hydrogen (secondary N) is 1. The van der Waals surface area contributed by atoms with Crippen LogP contribution in [0.2, 0.25) is 0 Å². The van der Waals surface area contributed by atoms with Gasteiger partial charge in [0.15, 0.2) is 11.5 Å². The third-order valence-corrected chi connectivity index (χ3v) is 6.02. The number of benzene rings is 2. The van der Waals surface area contributed by atoms with Crippen LogP contribution in [-0.2, 0) is 10.3 Å². The van der Waals surface area contributed by atoms with Gasteiger partial charge in [0, 0.05) is 17.3 Å². The van der Waals surface area contributed by atoms with E-state index in [9.17, 15) is 4.79 Å². The maximum absolute atomic E-state index is 12.8. The molecule has 0 aliphatic carbocycles. The molecule has 1 fully saturated rings. The van der Waals surface area contributed by atoms with Gasteiger partial charge in [0.1, 0.15) is 24.3 Å². The summed E-state index contributed by atoms with van der Waals surface area (Å²) in [5.74, 6) is 1.21. The first kappa shape index (κ1) is 19.2. The quantitative estimate of drug-likeness (QED) is 0.455. The molecule has 1 aliphatic rings. The molecule has 0 bridgehead atoms. The number of cyclic esters (lactones) is 1. The van der Waals surface area contributed by atoms with Gasteiger partial charge in [-0.1, -0.05) is 54.6 Å². The zero-order chi connectivity index (χ0) is 22.4. The first-order valence-corrected chi connectivity index (χ1v) is 10.5. The average Bonchev–Trinajstić information content (AvgIpc) is 3.59. The maximum atomic E-state index is 12.8. The smallest absolute Gasteiger partial charge is 0.416 e. The van der Waals surface area contributed by atoms with Gasteiger partial charge in [0.2, 0.25) is 0 Å². The van der Waals surface area contributed by atoms with Crippen LogP contribution in [0.25, 0.3) is 28.2 Å². The molecule has 1 amide bonds. The molecule has 0 spiro atoms. The second-order valence-corrected chi connectivity index (χ2v) is 8.05. The molecule has 1 unspecified atom stereocenters. The number of carbonyl (C=O) groups excluding carboxylic acids is 1. The van der Waals surface area contributed by atoms with E-state index in [1.165, 1.54) is 6.33 Å². The van der Waals surface area contributed by atoms with E-state index < -0.39 is 11.6 Å². The molecule has 4 heterocycles. The van der Waals surface area contributed by atoms with E-state index in [2.05, 4.69) is 20.3 Å². The summed E-state index contributed by atoms with van der Waals surface area (Å²) in [6, 6.07) is 19.5. The Kier molecular flexibility index (Phi) is 4.22. The Morgan fingerprint density at radius 3 is 2.58 bits per heavy atom. The Balaban J connectivity index is 1.42. The van der Waals surface area contributed by atoms with E-state index in [-0.39, 0.29) is 6.61 Å².